The van der Waals surface area contributed by atoms with E-state index in [1.165, 1.54) is 51.4 Å². The molecule has 33 heavy (non-hydrogen) atoms. The summed E-state index contributed by atoms with van der Waals surface area (Å²) in [4.78, 5) is 0. The summed E-state index contributed by atoms with van der Waals surface area (Å²) in [5.74, 6) is 1.44. The number of fused-ring (bicyclic) bond motifs is 8. The van der Waals surface area contributed by atoms with Gasteiger partial charge in [0.15, 0.2) is 14.1 Å². The van der Waals surface area contributed by atoms with Crippen LogP contribution in [0.3, 0.4) is 0 Å². The third-order valence-electron chi connectivity index (χ3n) is 12.4. The second-order valence-corrected chi connectivity index (χ2v) is 20.1. The quantitative estimate of drug-likeness (QED) is 0.379. The molecule has 190 valence electrons. The molecule has 5 aliphatic rings. The van der Waals surface area contributed by atoms with Crippen LogP contribution in [0.5, 0.6) is 0 Å². The van der Waals surface area contributed by atoms with Crippen molar-refractivity contribution >= 4 is 8.32 Å². The fourth-order valence-electron chi connectivity index (χ4n) is 9.29. The van der Waals surface area contributed by atoms with Crippen LogP contribution in [0.25, 0.3) is 0 Å². The molecule has 0 aromatic carbocycles. The van der Waals surface area contributed by atoms with Crippen molar-refractivity contribution in [3.05, 3.63) is 0 Å². The second kappa shape index (κ2) is 7.32. The maximum atomic E-state index is 7.20. The van der Waals surface area contributed by atoms with Crippen LogP contribution in [0.15, 0.2) is 0 Å². The van der Waals surface area contributed by atoms with Crippen molar-refractivity contribution in [3.63, 3.8) is 0 Å². The van der Waals surface area contributed by atoms with E-state index in [1.54, 1.807) is 0 Å². The Balaban J connectivity index is 1.53. The van der Waals surface area contributed by atoms with E-state index in [1.807, 2.05) is 0 Å². The van der Waals surface area contributed by atoms with Crippen LogP contribution in [-0.4, -0.2) is 32.4 Å². The third-order valence-corrected chi connectivity index (χ3v) is 16.9. The summed E-state index contributed by atoms with van der Waals surface area (Å²) in [6.07, 6.45) is 11.5. The molecule has 4 saturated carbocycles. The van der Waals surface area contributed by atoms with Gasteiger partial charge < -0.3 is 13.9 Å². The average Bonchev–Trinajstić information content (AvgIpc) is 3.17. The van der Waals surface area contributed by atoms with Crippen molar-refractivity contribution in [2.45, 2.75) is 149 Å². The molecule has 0 aromatic rings. The van der Waals surface area contributed by atoms with Crippen LogP contribution in [0.1, 0.15) is 107 Å². The van der Waals surface area contributed by atoms with Gasteiger partial charge in [-0.3, -0.25) is 0 Å². The lowest BCUT2D eigenvalue weighted by molar-refractivity contribution is -0.230. The van der Waals surface area contributed by atoms with Crippen molar-refractivity contribution in [1.29, 1.82) is 0 Å². The molecule has 0 N–H and O–H groups in total. The van der Waals surface area contributed by atoms with Gasteiger partial charge in [0, 0.05) is 0 Å². The van der Waals surface area contributed by atoms with Crippen LogP contribution in [0.4, 0.5) is 0 Å². The summed E-state index contributed by atoms with van der Waals surface area (Å²) in [5, 5.41) is 0.260. The van der Waals surface area contributed by atoms with Crippen molar-refractivity contribution in [1.82, 2.24) is 0 Å². The average molecular weight is 477 g/mol. The molecule has 0 bridgehead atoms. The van der Waals surface area contributed by atoms with Crippen LogP contribution in [-0.2, 0) is 13.9 Å². The third kappa shape index (κ3) is 3.35. The molecular formula is C29H52O3Si. The number of hydrogen-bond acceptors (Lipinski definition) is 3. The van der Waals surface area contributed by atoms with E-state index in [4.69, 9.17) is 13.9 Å². The van der Waals surface area contributed by atoms with Crippen LogP contribution in [0, 0.1) is 34.0 Å². The van der Waals surface area contributed by atoms with Gasteiger partial charge in [-0.25, -0.2) is 0 Å². The zero-order chi connectivity index (χ0) is 24.2. The van der Waals surface area contributed by atoms with E-state index in [0.717, 1.165) is 0 Å². The maximum Gasteiger partial charge on any atom is 0.192 e. The Kier molecular flexibility index (Phi) is 5.50. The van der Waals surface area contributed by atoms with Crippen molar-refractivity contribution < 1.29 is 13.9 Å². The lowest BCUT2D eigenvalue weighted by atomic mass is 9.37. The highest BCUT2D eigenvalue weighted by Gasteiger charge is 2.72. The molecular weight excluding hydrogens is 424 g/mol. The zero-order valence-electron chi connectivity index (χ0n) is 23.3. The summed E-state index contributed by atoms with van der Waals surface area (Å²) in [7, 11) is -1.80. The SMILES string of the molecule is CC1(C)O[C@@H]2C3CCCC[C@]3(C)[C@@]3(C)CC[C@@]4(C)C(CC[C@@H]4O[Si](C)(C)C(C)(C)C)C3[C@H]2O1. The summed E-state index contributed by atoms with van der Waals surface area (Å²) < 4.78 is 20.8. The van der Waals surface area contributed by atoms with Crippen LogP contribution >= 0.6 is 0 Å². The summed E-state index contributed by atoms with van der Waals surface area (Å²) >= 11 is 0. The van der Waals surface area contributed by atoms with Crippen LogP contribution < -0.4 is 0 Å². The Bertz CT molecular complexity index is 786. The smallest absolute Gasteiger partial charge is 0.192 e. The lowest BCUT2D eigenvalue weighted by Crippen LogP contribution is -2.67. The molecule has 3 unspecified atom stereocenters. The number of rotatable bonds is 2. The van der Waals surface area contributed by atoms with Crippen molar-refractivity contribution in [2.75, 3.05) is 0 Å². The van der Waals surface area contributed by atoms with Gasteiger partial charge in [-0.05, 0) is 105 Å². The second-order valence-electron chi connectivity index (χ2n) is 15.3. The predicted molar refractivity (Wildman–Crippen MR) is 138 cm³/mol. The molecule has 3 nitrogen and oxygen atoms in total. The van der Waals surface area contributed by atoms with E-state index in [0.29, 0.717) is 34.7 Å². The number of ether oxygens (including phenoxy) is 2. The van der Waals surface area contributed by atoms with E-state index in [9.17, 15) is 0 Å². The van der Waals surface area contributed by atoms with Crippen molar-refractivity contribution in [3.8, 4) is 0 Å². The van der Waals surface area contributed by atoms with E-state index in [2.05, 4.69) is 68.5 Å². The molecule has 0 spiro atoms. The lowest BCUT2D eigenvalue weighted by Gasteiger charge is -2.68. The Morgan fingerprint density at radius 1 is 0.758 bits per heavy atom. The first kappa shape index (κ1) is 24.8. The topological polar surface area (TPSA) is 27.7 Å². The first-order chi connectivity index (χ1) is 15.1. The summed E-state index contributed by atoms with van der Waals surface area (Å²) in [6.45, 7) is 24.3. The van der Waals surface area contributed by atoms with E-state index in [-0.39, 0.29) is 22.7 Å². The van der Waals surface area contributed by atoms with Gasteiger partial charge >= 0.3 is 0 Å². The van der Waals surface area contributed by atoms with Gasteiger partial charge in [-0.15, -0.1) is 0 Å². The Morgan fingerprint density at radius 2 is 1.42 bits per heavy atom. The van der Waals surface area contributed by atoms with Gasteiger partial charge in [0.1, 0.15) is 0 Å². The molecule has 5 rings (SSSR count). The highest BCUT2D eigenvalue weighted by Crippen LogP contribution is 2.73. The fourth-order valence-corrected chi connectivity index (χ4v) is 10.7. The first-order valence-electron chi connectivity index (χ1n) is 14.1. The predicted octanol–water partition coefficient (Wildman–Crippen LogP) is 7.94. The van der Waals surface area contributed by atoms with Gasteiger partial charge in [0.25, 0.3) is 0 Å². The molecule has 5 fully saturated rings. The molecule has 0 aromatic heterocycles. The minimum Gasteiger partial charge on any atom is -0.413 e. The molecule has 4 heteroatoms. The summed E-state index contributed by atoms with van der Waals surface area (Å²) in [5.41, 5.74) is 0.956. The molecule has 0 amide bonds. The Hall–Kier alpha value is 0.0969. The Labute approximate surface area is 205 Å². The standard InChI is InChI=1S/C29H52O3Si/c1-25(2,3)33(9,10)32-21-15-14-19-22-24-23(30-26(4,5)31-24)20-13-11-12-16-28(20,7)29(22,8)18-17-27(19,21)6/h19-24H,11-18H2,1-10H3/t19?,20?,21-,22?,23+,24+,27-,28-,29-/m0/s1. The molecule has 0 radical (unpaired) electrons. The number of hydrogen-bond donors (Lipinski definition) is 0. The normalized spacial score (nSPS) is 51.5. The zero-order valence-corrected chi connectivity index (χ0v) is 24.3. The maximum absolute atomic E-state index is 7.20. The molecule has 1 aliphatic heterocycles. The largest absolute Gasteiger partial charge is 0.413 e. The van der Waals surface area contributed by atoms with E-state index >= 15 is 0 Å². The van der Waals surface area contributed by atoms with E-state index < -0.39 is 14.1 Å². The monoisotopic (exact) mass is 476 g/mol. The minimum absolute atomic E-state index is 0.248. The van der Waals surface area contributed by atoms with Crippen LogP contribution in [0.2, 0.25) is 18.1 Å². The minimum atomic E-state index is -1.80. The van der Waals surface area contributed by atoms with Gasteiger partial charge in [0.05, 0.1) is 18.3 Å². The summed E-state index contributed by atoms with van der Waals surface area (Å²) in [6, 6.07) is 0. The molecule has 1 heterocycles. The van der Waals surface area contributed by atoms with Gasteiger partial charge in [-0.1, -0.05) is 54.4 Å². The highest BCUT2D eigenvalue weighted by atomic mass is 28.4. The molecule has 9 atom stereocenters. The van der Waals surface area contributed by atoms with Gasteiger partial charge in [-0.2, -0.15) is 0 Å². The van der Waals surface area contributed by atoms with Gasteiger partial charge in [0.2, 0.25) is 0 Å². The first-order valence-corrected chi connectivity index (χ1v) is 17.0. The van der Waals surface area contributed by atoms with Crippen molar-refractivity contribution in [2.24, 2.45) is 34.0 Å². The molecule has 1 saturated heterocycles. The highest BCUT2D eigenvalue weighted by molar-refractivity contribution is 6.74. The fraction of sp³-hybridized carbons (Fsp3) is 1.00. The molecule has 4 aliphatic carbocycles. The Morgan fingerprint density at radius 3 is 2.09 bits per heavy atom.